The van der Waals surface area contributed by atoms with Crippen LogP contribution < -0.4 is 10.1 Å². The molecule has 0 unspecified atom stereocenters. The molecule has 1 aliphatic heterocycles. The first-order valence-electron chi connectivity index (χ1n) is 10.5. The van der Waals surface area contributed by atoms with Crippen LogP contribution in [0.5, 0.6) is 5.75 Å². The molecule has 1 heterocycles. The summed E-state index contributed by atoms with van der Waals surface area (Å²) in [4.78, 5) is 24.0. The normalized spacial score (nSPS) is 18.3. The number of benzene rings is 1. The molecular formula is C21H29FN2O5S. The fourth-order valence-corrected chi connectivity index (χ4v) is 5.38. The lowest BCUT2D eigenvalue weighted by Crippen LogP contribution is -2.29. The Morgan fingerprint density at radius 3 is 2.63 bits per heavy atom. The van der Waals surface area contributed by atoms with Crippen LogP contribution in [-0.2, 0) is 14.6 Å². The number of hydrogen-bond donors (Lipinski definition) is 1. The maximum absolute atomic E-state index is 14.0. The van der Waals surface area contributed by atoms with Crippen molar-refractivity contribution in [3.05, 3.63) is 29.6 Å². The minimum Gasteiger partial charge on any atom is -0.487 e. The summed E-state index contributed by atoms with van der Waals surface area (Å²) in [5, 5.41) is 2.21. The van der Waals surface area contributed by atoms with Gasteiger partial charge >= 0.3 is 6.03 Å². The van der Waals surface area contributed by atoms with Gasteiger partial charge in [0.1, 0.15) is 6.54 Å². The summed E-state index contributed by atoms with van der Waals surface area (Å²) in [5.41, 5.74) is 0.749. The summed E-state index contributed by atoms with van der Waals surface area (Å²) >= 11 is 0. The number of rotatable bonds is 11. The van der Waals surface area contributed by atoms with Gasteiger partial charge in [-0.2, -0.15) is 0 Å². The van der Waals surface area contributed by atoms with Crippen molar-refractivity contribution in [2.75, 3.05) is 24.6 Å². The van der Waals surface area contributed by atoms with E-state index in [4.69, 9.17) is 4.74 Å². The third kappa shape index (κ3) is 6.17. The van der Waals surface area contributed by atoms with E-state index in [1.165, 1.54) is 11.0 Å². The topological polar surface area (TPSA) is 92.8 Å². The van der Waals surface area contributed by atoms with Gasteiger partial charge in [-0.25, -0.2) is 17.6 Å². The number of ether oxygens (including phenoxy) is 1. The molecule has 1 aromatic carbocycles. The zero-order chi connectivity index (χ0) is 21.7. The molecule has 30 heavy (non-hydrogen) atoms. The molecule has 7 nitrogen and oxygen atoms in total. The number of sulfone groups is 1. The van der Waals surface area contributed by atoms with Crippen molar-refractivity contribution in [2.45, 2.75) is 57.5 Å². The van der Waals surface area contributed by atoms with Crippen LogP contribution in [0.25, 0.3) is 0 Å². The van der Waals surface area contributed by atoms with E-state index in [1.54, 1.807) is 12.1 Å². The first kappa shape index (κ1) is 22.5. The van der Waals surface area contributed by atoms with E-state index in [0.29, 0.717) is 25.8 Å². The van der Waals surface area contributed by atoms with E-state index in [2.05, 4.69) is 5.32 Å². The van der Waals surface area contributed by atoms with Crippen molar-refractivity contribution in [1.82, 2.24) is 10.2 Å². The molecule has 0 bridgehead atoms. The highest BCUT2D eigenvalue weighted by molar-refractivity contribution is 7.91. The van der Waals surface area contributed by atoms with Crippen molar-refractivity contribution >= 4 is 21.8 Å². The highest BCUT2D eigenvalue weighted by atomic mass is 32.2. The molecule has 0 spiro atoms. The second kappa shape index (κ2) is 9.76. The Bertz CT molecular complexity index is 885. The number of halogens is 1. The van der Waals surface area contributed by atoms with Gasteiger partial charge in [-0.05, 0) is 55.7 Å². The van der Waals surface area contributed by atoms with Crippen molar-refractivity contribution < 1.29 is 27.1 Å². The van der Waals surface area contributed by atoms with Crippen LogP contribution in [0.4, 0.5) is 9.18 Å². The molecule has 2 aliphatic rings. The molecule has 2 fully saturated rings. The van der Waals surface area contributed by atoms with Crippen molar-refractivity contribution in [3.63, 3.8) is 0 Å². The molecule has 1 saturated heterocycles. The predicted octanol–water partition coefficient (Wildman–Crippen LogP) is 3.00. The fourth-order valence-electron chi connectivity index (χ4n) is 3.61. The minimum absolute atomic E-state index is 0.00939. The molecule has 1 aromatic rings. The molecule has 1 saturated carbocycles. The van der Waals surface area contributed by atoms with E-state index in [1.807, 2.05) is 6.92 Å². The van der Waals surface area contributed by atoms with Crippen molar-refractivity contribution in [3.8, 4) is 5.75 Å². The van der Waals surface area contributed by atoms with Gasteiger partial charge in [0.25, 0.3) is 0 Å². The summed E-state index contributed by atoms with van der Waals surface area (Å²) in [6.07, 6.45) is 4.78. The molecule has 166 valence electrons. The maximum atomic E-state index is 14.0. The first-order valence-corrected chi connectivity index (χ1v) is 12.3. The van der Waals surface area contributed by atoms with E-state index in [9.17, 15) is 22.4 Å². The Morgan fingerprint density at radius 2 is 2.00 bits per heavy atom. The molecular weight excluding hydrogens is 411 g/mol. The lowest BCUT2D eigenvalue weighted by Gasteiger charge is -2.27. The average molecular weight is 441 g/mol. The van der Waals surface area contributed by atoms with E-state index in [-0.39, 0.29) is 47.8 Å². The Balaban J connectivity index is 1.43. The Labute approximate surface area is 176 Å². The number of nitrogens with zero attached hydrogens (tertiary/aromatic N) is 1. The summed E-state index contributed by atoms with van der Waals surface area (Å²) in [7, 11) is -3.27. The summed E-state index contributed by atoms with van der Waals surface area (Å²) in [5.74, 6) is -0.739. The lowest BCUT2D eigenvalue weighted by atomic mass is 9.96. The third-order valence-electron chi connectivity index (χ3n) is 5.63. The Morgan fingerprint density at radius 1 is 1.23 bits per heavy atom. The zero-order valence-electron chi connectivity index (χ0n) is 17.2. The van der Waals surface area contributed by atoms with Gasteiger partial charge in [-0.3, -0.25) is 10.1 Å². The number of carbonyl (C=O) groups excluding carboxylic acids is 2. The largest absolute Gasteiger partial charge is 0.487 e. The summed E-state index contributed by atoms with van der Waals surface area (Å²) in [6.45, 7) is 2.33. The van der Waals surface area contributed by atoms with Crippen LogP contribution in [0, 0.1) is 5.82 Å². The van der Waals surface area contributed by atoms with E-state index >= 15 is 0 Å². The quantitative estimate of drug-likeness (QED) is 0.422. The lowest BCUT2D eigenvalue weighted by molar-refractivity contribution is -0.118. The second-order valence-electron chi connectivity index (χ2n) is 8.21. The van der Waals surface area contributed by atoms with Crippen LogP contribution >= 0.6 is 0 Å². The van der Waals surface area contributed by atoms with Gasteiger partial charge in [-0.1, -0.05) is 19.4 Å². The number of carbonyl (C=O) groups is 2. The molecule has 0 aromatic heterocycles. The van der Waals surface area contributed by atoms with Crippen LogP contribution in [0.1, 0.15) is 56.9 Å². The summed E-state index contributed by atoms with van der Waals surface area (Å²) in [6, 6.07) is 4.19. The van der Waals surface area contributed by atoms with Gasteiger partial charge in [0, 0.05) is 6.54 Å². The van der Waals surface area contributed by atoms with Gasteiger partial charge in [0.15, 0.2) is 21.4 Å². The van der Waals surface area contributed by atoms with Crippen molar-refractivity contribution in [2.24, 2.45) is 0 Å². The Kier molecular flexibility index (Phi) is 7.33. The molecule has 3 amide bonds. The number of hydrogen-bond acceptors (Lipinski definition) is 5. The zero-order valence-corrected chi connectivity index (χ0v) is 18.0. The minimum atomic E-state index is -3.27. The second-order valence-corrected chi connectivity index (χ2v) is 10.4. The fraction of sp³-hybridized carbons (Fsp3) is 0.619. The van der Waals surface area contributed by atoms with Gasteiger partial charge in [0.05, 0.1) is 17.6 Å². The van der Waals surface area contributed by atoms with Crippen molar-refractivity contribution in [1.29, 1.82) is 0 Å². The highest BCUT2D eigenvalue weighted by Crippen LogP contribution is 2.30. The SMILES string of the molecule is C[C@@H](CS(=O)(=O)CCCCCN1CC(=O)NC1=O)c1ccc(F)c(OC2CCC2)c1. The third-order valence-corrected chi connectivity index (χ3v) is 7.54. The Hall–Kier alpha value is -2.16. The van der Waals surface area contributed by atoms with Gasteiger partial charge in [0.2, 0.25) is 5.91 Å². The van der Waals surface area contributed by atoms with Crippen LogP contribution in [-0.4, -0.2) is 56.0 Å². The number of imide groups is 1. The molecule has 1 atom stereocenters. The van der Waals surface area contributed by atoms with Crippen LogP contribution in [0.2, 0.25) is 0 Å². The molecule has 1 N–H and O–H groups in total. The molecule has 1 aliphatic carbocycles. The molecule has 0 radical (unpaired) electrons. The van der Waals surface area contributed by atoms with E-state index < -0.39 is 15.7 Å². The number of unbranched alkanes of at least 4 members (excludes halogenated alkanes) is 2. The standard InChI is InChI=1S/C21H29FN2O5S/c1-15(16-8-9-18(22)19(12-16)29-17-6-5-7-17)14-30(27,28)11-4-2-3-10-24-13-20(25)23-21(24)26/h8-9,12,15,17H,2-7,10-11,13-14H2,1H3,(H,23,25,26)/t15-/m0/s1. The van der Waals surface area contributed by atoms with Gasteiger partial charge in [-0.15, -0.1) is 0 Å². The predicted molar refractivity (Wildman–Crippen MR) is 111 cm³/mol. The average Bonchev–Trinajstić information content (AvgIpc) is 2.95. The van der Waals surface area contributed by atoms with Crippen LogP contribution in [0.3, 0.4) is 0 Å². The van der Waals surface area contributed by atoms with E-state index in [0.717, 1.165) is 24.8 Å². The van der Waals surface area contributed by atoms with Gasteiger partial charge < -0.3 is 9.64 Å². The van der Waals surface area contributed by atoms with Crippen LogP contribution in [0.15, 0.2) is 18.2 Å². The smallest absolute Gasteiger partial charge is 0.324 e. The first-order chi connectivity index (χ1) is 14.2. The number of urea groups is 1. The highest BCUT2D eigenvalue weighted by Gasteiger charge is 2.26. The molecule has 3 rings (SSSR count). The maximum Gasteiger partial charge on any atom is 0.324 e. The number of amides is 3. The monoisotopic (exact) mass is 440 g/mol. The number of nitrogens with one attached hydrogen (secondary N) is 1. The molecule has 9 heteroatoms. The summed E-state index contributed by atoms with van der Waals surface area (Å²) < 4.78 is 44.6.